The molecule has 0 amide bonds. The first kappa shape index (κ1) is 14.9. The van der Waals surface area contributed by atoms with Crippen molar-refractivity contribution < 1.29 is 5.21 Å². The molecule has 0 heterocycles. The first-order chi connectivity index (χ1) is 9.32. The number of nitrogens with two attached hydrogens (primary N) is 1. The maximum absolute atomic E-state index is 8.82. The first-order valence-electron chi connectivity index (χ1n) is 7.09. The van der Waals surface area contributed by atoms with E-state index in [2.05, 4.69) is 38.2 Å². The van der Waals surface area contributed by atoms with E-state index in [-0.39, 0.29) is 5.84 Å². The summed E-state index contributed by atoms with van der Waals surface area (Å²) in [7, 11) is 0. The van der Waals surface area contributed by atoms with Crippen molar-refractivity contribution in [3.05, 3.63) is 35.4 Å². The summed E-state index contributed by atoms with van der Waals surface area (Å²) in [5.74, 6) is 0.848. The van der Waals surface area contributed by atoms with E-state index in [0.29, 0.717) is 16.7 Å². The van der Waals surface area contributed by atoms with Gasteiger partial charge in [-0.25, -0.2) is 0 Å². The maximum Gasteiger partial charge on any atom is 0.170 e. The third-order valence-corrected chi connectivity index (χ3v) is 5.38. The molecule has 2 rings (SSSR count). The van der Waals surface area contributed by atoms with Crippen LogP contribution in [0.25, 0.3) is 0 Å². The average molecular weight is 275 g/mol. The summed E-state index contributed by atoms with van der Waals surface area (Å²) in [6.45, 7) is 11.0. The fourth-order valence-electron chi connectivity index (χ4n) is 3.17. The molecule has 1 aliphatic rings. The third-order valence-electron chi connectivity index (χ3n) is 5.38. The number of amidine groups is 1. The lowest BCUT2D eigenvalue weighted by Crippen LogP contribution is -2.22. The molecule has 0 aliphatic heterocycles. The molecule has 1 saturated carbocycles. The summed E-state index contributed by atoms with van der Waals surface area (Å²) in [4.78, 5) is 0. The van der Waals surface area contributed by atoms with Gasteiger partial charge in [-0.2, -0.15) is 0 Å². The first-order valence-corrected chi connectivity index (χ1v) is 7.09. The van der Waals surface area contributed by atoms with Crippen LogP contribution in [0, 0.1) is 16.7 Å². The molecular formula is C16H25N3O. The number of benzene rings is 1. The fourth-order valence-corrected chi connectivity index (χ4v) is 3.17. The lowest BCUT2D eigenvalue weighted by atomic mass is 10.0. The van der Waals surface area contributed by atoms with E-state index in [1.54, 1.807) is 0 Å². The SMILES string of the molecule is CC1(C)C(CNCc2ccccc2C(N)=NO)C1(C)C. The quantitative estimate of drug-likeness (QED) is 0.335. The molecule has 1 aliphatic carbocycles. The van der Waals surface area contributed by atoms with Crippen LogP contribution in [0.1, 0.15) is 38.8 Å². The zero-order chi connectivity index (χ0) is 15.0. The molecular weight excluding hydrogens is 250 g/mol. The lowest BCUT2D eigenvalue weighted by molar-refractivity contribution is 0.318. The summed E-state index contributed by atoms with van der Waals surface area (Å²) in [6.07, 6.45) is 0. The number of rotatable bonds is 5. The smallest absolute Gasteiger partial charge is 0.170 e. The van der Waals surface area contributed by atoms with Gasteiger partial charge in [0.15, 0.2) is 5.84 Å². The normalized spacial score (nSPS) is 20.9. The van der Waals surface area contributed by atoms with E-state index in [1.807, 2.05) is 24.3 Å². The Morgan fingerprint density at radius 1 is 1.25 bits per heavy atom. The molecule has 20 heavy (non-hydrogen) atoms. The monoisotopic (exact) mass is 275 g/mol. The van der Waals surface area contributed by atoms with Crippen LogP contribution in [0.15, 0.2) is 29.4 Å². The van der Waals surface area contributed by atoms with Crippen molar-refractivity contribution in [3.8, 4) is 0 Å². The van der Waals surface area contributed by atoms with E-state index in [1.165, 1.54) is 0 Å². The van der Waals surface area contributed by atoms with Gasteiger partial charge >= 0.3 is 0 Å². The number of nitrogens with one attached hydrogen (secondary N) is 1. The van der Waals surface area contributed by atoms with Gasteiger partial charge in [0.1, 0.15) is 0 Å². The Bertz CT molecular complexity index is 506. The van der Waals surface area contributed by atoms with E-state index in [9.17, 15) is 0 Å². The van der Waals surface area contributed by atoms with Crippen LogP contribution < -0.4 is 11.1 Å². The molecule has 4 N–H and O–H groups in total. The van der Waals surface area contributed by atoms with Crippen LogP contribution in [0.5, 0.6) is 0 Å². The highest BCUT2D eigenvalue weighted by atomic mass is 16.4. The van der Waals surface area contributed by atoms with Crippen molar-refractivity contribution >= 4 is 5.84 Å². The molecule has 1 fully saturated rings. The van der Waals surface area contributed by atoms with Crippen molar-refractivity contribution in [2.45, 2.75) is 34.2 Å². The number of oxime groups is 1. The van der Waals surface area contributed by atoms with Gasteiger partial charge in [0, 0.05) is 12.1 Å². The summed E-state index contributed by atoms with van der Waals surface area (Å²) >= 11 is 0. The highest BCUT2D eigenvalue weighted by molar-refractivity contribution is 5.98. The van der Waals surface area contributed by atoms with E-state index in [0.717, 1.165) is 24.2 Å². The molecule has 0 aromatic heterocycles. The second-order valence-electron chi connectivity index (χ2n) is 6.77. The van der Waals surface area contributed by atoms with Gasteiger partial charge in [0.2, 0.25) is 0 Å². The molecule has 0 bridgehead atoms. The molecule has 1 aromatic carbocycles. The number of hydrogen-bond acceptors (Lipinski definition) is 3. The number of nitrogens with zero attached hydrogens (tertiary/aromatic N) is 1. The van der Waals surface area contributed by atoms with Gasteiger partial charge in [-0.3, -0.25) is 0 Å². The zero-order valence-electron chi connectivity index (χ0n) is 12.8. The molecule has 0 atom stereocenters. The predicted octanol–water partition coefficient (Wildman–Crippen LogP) is 2.55. The Morgan fingerprint density at radius 2 is 1.85 bits per heavy atom. The van der Waals surface area contributed by atoms with Crippen LogP contribution in [-0.2, 0) is 6.54 Å². The molecule has 4 heteroatoms. The molecule has 4 nitrogen and oxygen atoms in total. The zero-order valence-corrected chi connectivity index (χ0v) is 12.8. The fraction of sp³-hybridized carbons (Fsp3) is 0.562. The Morgan fingerprint density at radius 3 is 2.40 bits per heavy atom. The summed E-state index contributed by atoms with van der Waals surface area (Å²) in [6, 6.07) is 7.74. The van der Waals surface area contributed by atoms with Gasteiger partial charge in [-0.15, -0.1) is 0 Å². The average Bonchev–Trinajstić information content (AvgIpc) is 2.80. The third kappa shape index (κ3) is 2.40. The highest BCUT2D eigenvalue weighted by Crippen LogP contribution is 2.67. The van der Waals surface area contributed by atoms with Crippen LogP contribution in [0.3, 0.4) is 0 Å². The summed E-state index contributed by atoms with van der Waals surface area (Å²) in [5.41, 5.74) is 8.33. The Kier molecular flexibility index (Phi) is 3.78. The van der Waals surface area contributed by atoms with Crippen LogP contribution in [-0.4, -0.2) is 17.6 Å². The second kappa shape index (κ2) is 5.09. The molecule has 1 aromatic rings. The van der Waals surface area contributed by atoms with Crippen molar-refractivity contribution in [2.24, 2.45) is 27.6 Å². The van der Waals surface area contributed by atoms with Gasteiger partial charge in [-0.05, 0) is 28.9 Å². The Hall–Kier alpha value is -1.55. The highest BCUT2D eigenvalue weighted by Gasteiger charge is 2.63. The van der Waals surface area contributed by atoms with Crippen molar-refractivity contribution in [2.75, 3.05) is 6.54 Å². The summed E-state index contributed by atoms with van der Waals surface area (Å²) < 4.78 is 0. The summed E-state index contributed by atoms with van der Waals surface area (Å²) in [5, 5.41) is 15.4. The Balaban J connectivity index is 1.96. The largest absolute Gasteiger partial charge is 0.409 e. The predicted molar refractivity (Wildman–Crippen MR) is 81.7 cm³/mol. The second-order valence-corrected chi connectivity index (χ2v) is 6.77. The van der Waals surface area contributed by atoms with E-state index < -0.39 is 0 Å². The van der Waals surface area contributed by atoms with Gasteiger partial charge in [0.05, 0.1) is 0 Å². The van der Waals surface area contributed by atoms with Gasteiger partial charge in [-0.1, -0.05) is 57.1 Å². The molecule has 110 valence electrons. The minimum absolute atomic E-state index is 0.162. The van der Waals surface area contributed by atoms with Gasteiger partial charge < -0.3 is 16.3 Å². The number of hydrogen-bond donors (Lipinski definition) is 3. The molecule has 0 unspecified atom stereocenters. The minimum atomic E-state index is 0.162. The molecule has 0 radical (unpaired) electrons. The van der Waals surface area contributed by atoms with Crippen LogP contribution in [0.2, 0.25) is 0 Å². The van der Waals surface area contributed by atoms with Crippen LogP contribution in [0.4, 0.5) is 0 Å². The topological polar surface area (TPSA) is 70.6 Å². The van der Waals surface area contributed by atoms with Gasteiger partial charge in [0.25, 0.3) is 0 Å². The lowest BCUT2D eigenvalue weighted by Gasteiger charge is -2.10. The minimum Gasteiger partial charge on any atom is -0.409 e. The standard InChI is InChI=1S/C16H25N3O/c1-15(2)13(16(15,3)4)10-18-9-11-7-5-6-8-12(11)14(17)19-20/h5-8,13,18,20H,9-10H2,1-4H3,(H2,17,19). The maximum atomic E-state index is 8.82. The molecule has 0 saturated heterocycles. The van der Waals surface area contributed by atoms with Crippen molar-refractivity contribution in [1.29, 1.82) is 0 Å². The van der Waals surface area contributed by atoms with Crippen molar-refractivity contribution in [3.63, 3.8) is 0 Å². The van der Waals surface area contributed by atoms with E-state index >= 15 is 0 Å². The molecule has 0 spiro atoms. The Labute approximate surface area is 121 Å². The van der Waals surface area contributed by atoms with Crippen LogP contribution >= 0.6 is 0 Å². The van der Waals surface area contributed by atoms with Crippen molar-refractivity contribution in [1.82, 2.24) is 5.32 Å². The van der Waals surface area contributed by atoms with E-state index in [4.69, 9.17) is 10.9 Å².